The van der Waals surface area contributed by atoms with Crippen molar-refractivity contribution in [3.8, 4) is 0 Å². The van der Waals surface area contributed by atoms with Gasteiger partial charge in [-0.15, -0.1) is 0 Å². The minimum Gasteiger partial charge on any atom is -0.394 e. The van der Waals surface area contributed by atoms with Crippen molar-refractivity contribution in [2.24, 2.45) is 46.3 Å². The van der Waals surface area contributed by atoms with Crippen LogP contribution in [0.4, 0.5) is 0 Å². The number of aliphatic hydroxyl groups is 7. The molecule has 0 aromatic rings. The van der Waals surface area contributed by atoms with Crippen LogP contribution < -0.4 is 0 Å². The van der Waals surface area contributed by atoms with Crippen molar-refractivity contribution in [1.29, 1.82) is 0 Å². The summed E-state index contributed by atoms with van der Waals surface area (Å²) in [6.07, 6.45) is -4.34. The average Bonchev–Trinajstić information content (AvgIpc) is 3.58. The largest absolute Gasteiger partial charge is 0.394 e. The summed E-state index contributed by atoms with van der Waals surface area (Å²) in [5.74, 6) is 2.73. The Balaban J connectivity index is 0.943. The number of rotatable bonds is 6. The molecule has 4 saturated carbocycles. The molecule has 8 rings (SSSR count). The summed E-state index contributed by atoms with van der Waals surface area (Å²) in [7, 11) is 0. The molecule has 8 aliphatic rings. The SMILES string of the molecule is C=C1CC[C@@]2(OC1)O[C@H]1C[C@H]3[C@@H]4CC[C@@H]5C[C@@H](O[C@@H]6O[C@H](CO)[C@H](O)[C@H](O)[C@H]6O[C@@H]6O[C@H](CO)[C@@H](O)[C@H](O)[C@H]6O)CC[C@]5(C)[C@H]4CC[C@]3(C)[C@H]1[C@@H]2C. The van der Waals surface area contributed by atoms with E-state index in [0.29, 0.717) is 42.1 Å². The van der Waals surface area contributed by atoms with Crippen molar-refractivity contribution in [1.82, 2.24) is 0 Å². The van der Waals surface area contributed by atoms with Crippen LogP contribution in [0.3, 0.4) is 0 Å². The zero-order valence-corrected chi connectivity index (χ0v) is 30.9. The second-order valence-electron chi connectivity index (χ2n) is 18.3. The van der Waals surface area contributed by atoms with E-state index in [-0.39, 0.29) is 23.0 Å². The fourth-order valence-electron chi connectivity index (χ4n) is 13.0. The van der Waals surface area contributed by atoms with Crippen LogP contribution in [0.2, 0.25) is 0 Å². The van der Waals surface area contributed by atoms with Crippen LogP contribution in [-0.4, -0.2) is 135 Å². The number of hydrogen-bond donors (Lipinski definition) is 7. The number of ether oxygens (including phenoxy) is 6. The van der Waals surface area contributed by atoms with E-state index in [1.54, 1.807) is 0 Å². The Bertz CT molecular complexity index is 1300. The first-order valence-electron chi connectivity index (χ1n) is 20.0. The molecule has 0 bridgehead atoms. The Morgan fingerprint density at radius 3 is 2.13 bits per heavy atom. The highest BCUT2D eigenvalue weighted by molar-refractivity contribution is 5.16. The molecule has 296 valence electrons. The summed E-state index contributed by atoms with van der Waals surface area (Å²) in [6, 6.07) is 0. The highest BCUT2D eigenvalue weighted by Crippen LogP contribution is 2.71. The Hall–Kier alpha value is -0.780. The van der Waals surface area contributed by atoms with Gasteiger partial charge in [0.2, 0.25) is 0 Å². The molecule has 21 atom stereocenters. The van der Waals surface area contributed by atoms with E-state index in [1.807, 2.05) is 0 Å². The van der Waals surface area contributed by atoms with E-state index >= 15 is 0 Å². The number of aliphatic hydroxyl groups excluding tert-OH is 7. The lowest BCUT2D eigenvalue weighted by Crippen LogP contribution is -2.65. The van der Waals surface area contributed by atoms with E-state index < -0.39 is 80.4 Å². The fourth-order valence-corrected chi connectivity index (χ4v) is 13.0. The molecule has 0 aromatic carbocycles. The predicted molar refractivity (Wildman–Crippen MR) is 183 cm³/mol. The average molecular weight is 739 g/mol. The second-order valence-corrected chi connectivity index (χ2v) is 18.3. The van der Waals surface area contributed by atoms with Gasteiger partial charge in [-0.2, -0.15) is 0 Å². The standard InChI is InChI=1S/C39H62O13/c1-18-7-12-39(47-17-18)19(2)28-25(52-39)14-24-22-6-5-20-13-21(8-10-37(20,3)23(22)9-11-38(24,28)4)48-36-34(32(45)30(43)27(16-41)50-36)51-35-33(46)31(44)29(42)26(15-40)49-35/h19-36,40-46H,1,5-17H2,2-4H3/t19-,20+,21-,22+,23-,24-,25-,26+,27+,28-,29+,30-,31-,32-,33+,34+,35-,36+,37-,38-,39+/m0/s1. The van der Waals surface area contributed by atoms with Gasteiger partial charge in [0.25, 0.3) is 0 Å². The molecule has 0 amide bonds. The van der Waals surface area contributed by atoms with Crippen molar-refractivity contribution in [3.63, 3.8) is 0 Å². The summed E-state index contributed by atoms with van der Waals surface area (Å²) in [5.41, 5.74) is 1.55. The number of hydrogen-bond acceptors (Lipinski definition) is 13. The molecule has 7 N–H and O–H groups in total. The lowest BCUT2D eigenvalue weighted by Gasteiger charge is -2.61. The van der Waals surface area contributed by atoms with E-state index in [4.69, 9.17) is 28.4 Å². The van der Waals surface area contributed by atoms with E-state index in [2.05, 4.69) is 27.4 Å². The van der Waals surface area contributed by atoms with Crippen LogP contribution in [0.1, 0.15) is 85.0 Å². The van der Waals surface area contributed by atoms with Crippen molar-refractivity contribution in [2.75, 3.05) is 19.8 Å². The second kappa shape index (κ2) is 14.0. The van der Waals surface area contributed by atoms with Crippen LogP contribution in [0.15, 0.2) is 12.2 Å². The molecule has 4 aliphatic heterocycles. The first kappa shape index (κ1) is 38.1. The van der Waals surface area contributed by atoms with Gasteiger partial charge in [0, 0.05) is 12.3 Å². The molecule has 0 radical (unpaired) electrons. The third kappa shape index (κ3) is 5.90. The Morgan fingerprint density at radius 2 is 1.44 bits per heavy atom. The van der Waals surface area contributed by atoms with Crippen LogP contribution >= 0.6 is 0 Å². The fraction of sp³-hybridized carbons (Fsp3) is 0.949. The topological polar surface area (TPSA) is 197 Å². The van der Waals surface area contributed by atoms with Gasteiger partial charge in [-0.05, 0) is 98.2 Å². The predicted octanol–water partition coefficient (Wildman–Crippen LogP) is 1.36. The molecule has 8 fully saturated rings. The van der Waals surface area contributed by atoms with Crippen molar-refractivity contribution in [3.05, 3.63) is 12.2 Å². The molecule has 13 nitrogen and oxygen atoms in total. The van der Waals surface area contributed by atoms with Crippen molar-refractivity contribution in [2.45, 2.75) is 164 Å². The summed E-state index contributed by atoms with van der Waals surface area (Å²) in [6.45, 7) is 11.0. The maximum absolute atomic E-state index is 11.1. The molecule has 1 spiro atoms. The van der Waals surface area contributed by atoms with Gasteiger partial charge in [-0.3, -0.25) is 0 Å². The smallest absolute Gasteiger partial charge is 0.187 e. The lowest BCUT2D eigenvalue weighted by atomic mass is 9.44. The highest BCUT2D eigenvalue weighted by atomic mass is 16.8. The summed E-state index contributed by atoms with van der Waals surface area (Å²) < 4.78 is 37.4. The molecular formula is C39H62O13. The van der Waals surface area contributed by atoms with Gasteiger partial charge in [-0.1, -0.05) is 32.9 Å². The highest BCUT2D eigenvalue weighted by Gasteiger charge is 2.69. The van der Waals surface area contributed by atoms with E-state index in [0.717, 1.165) is 50.5 Å². The van der Waals surface area contributed by atoms with Gasteiger partial charge >= 0.3 is 0 Å². The molecule has 52 heavy (non-hydrogen) atoms. The van der Waals surface area contributed by atoms with Crippen molar-refractivity contribution >= 4 is 0 Å². The molecule has 4 saturated heterocycles. The molecular weight excluding hydrogens is 676 g/mol. The van der Waals surface area contributed by atoms with Crippen LogP contribution in [-0.2, 0) is 28.4 Å². The zero-order valence-electron chi connectivity index (χ0n) is 30.9. The molecule has 13 heteroatoms. The summed E-state index contributed by atoms with van der Waals surface area (Å²) in [5, 5.41) is 72.7. The monoisotopic (exact) mass is 738 g/mol. The summed E-state index contributed by atoms with van der Waals surface area (Å²) in [4.78, 5) is 0. The minimum atomic E-state index is -1.71. The quantitative estimate of drug-likeness (QED) is 0.153. The van der Waals surface area contributed by atoms with Gasteiger partial charge in [0.15, 0.2) is 18.4 Å². The van der Waals surface area contributed by atoms with Gasteiger partial charge in [0.1, 0.15) is 48.8 Å². The first-order valence-corrected chi connectivity index (χ1v) is 20.0. The normalized spacial score (nSPS) is 57.6. The molecule has 0 aromatic heterocycles. The van der Waals surface area contributed by atoms with Crippen molar-refractivity contribution < 1.29 is 64.2 Å². The Kier molecular flexibility index (Phi) is 10.3. The van der Waals surface area contributed by atoms with Crippen LogP contribution in [0.25, 0.3) is 0 Å². The van der Waals surface area contributed by atoms with Gasteiger partial charge in [-0.25, -0.2) is 0 Å². The molecule has 0 unspecified atom stereocenters. The van der Waals surface area contributed by atoms with E-state index in [1.165, 1.54) is 19.3 Å². The first-order chi connectivity index (χ1) is 24.7. The third-order valence-electron chi connectivity index (χ3n) is 15.9. The Labute approximate surface area is 306 Å². The minimum absolute atomic E-state index is 0.158. The zero-order chi connectivity index (χ0) is 36.9. The lowest BCUT2D eigenvalue weighted by molar-refractivity contribution is -0.373. The maximum atomic E-state index is 11.1. The van der Waals surface area contributed by atoms with Crippen LogP contribution in [0.5, 0.6) is 0 Å². The van der Waals surface area contributed by atoms with Gasteiger partial charge < -0.3 is 64.2 Å². The number of fused-ring (bicyclic) bond motifs is 7. The molecule has 4 aliphatic carbocycles. The van der Waals surface area contributed by atoms with Gasteiger partial charge in [0.05, 0.1) is 32.0 Å². The third-order valence-corrected chi connectivity index (χ3v) is 15.9. The Morgan fingerprint density at radius 1 is 0.750 bits per heavy atom. The van der Waals surface area contributed by atoms with Crippen LogP contribution in [0, 0.1) is 46.3 Å². The maximum Gasteiger partial charge on any atom is 0.187 e. The van der Waals surface area contributed by atoms with E-state index in [9.17, 15) is 35.7 Å². The summed E-state index contributed by atoms with van der Waals surface area (Å²) >= 11 is 0. The molecule has 4 heterocycles.